The molecule has 23 heavy (non-hydrogen) atoms. The van der Waals surface area contributed by atoms with E-state index in [1.54, 1.807) is 0 Å². The Hall–Kier alpha value is -2.15. The molecule has 1 saturated carbocycles. The van der Waals surface area contributed by atoms with Crippen molar-refractivity contribution < 1.29 is 14.0 Å². The van der Waals surface area contributed by atoms with Crippen molar-refractivity contribution in [3.63, 3.8) is 0 Å². The van der Waals surface area contributed by atoms with Gasteiger partial charge in [0, 0.05) is 18.7 Å². The summed E-state index contributed by atoms with van der Waals surface area (Å²) in [5.74, 6) is -1.36. The predicted molar refractivity (Wildman–Crippen MR) is 86.2 cm³/mol. The number of rotatable bonds is 5. The number of nitrogens with one attached hydrogen (secondary N) is 2. The number of benzene rings is 1. The van der Waals surface area contributed by atoms with Gasteiger partial charge in [0.1, 0.15) is 11.4 Å². The van der Waals surface area contributed by atoms with E-state index in [0.29, 0.717) is 25.9 Å². The summed E-state index contributed by atoms with van der Waals surface area (Å²) in [5, 5.41) is 5.55. The lowest BCUT2D eigenvalue weighted by atomic mass is 9.80. The minimum absolute atomic E-state index is 0.0189. The predicted octanol–water partition coefficient (Wildman–Crippen LogP) is 0.915. The van der Waals surface area contributed by atoms with Gasteiger partial charge in [-0.15, -0.1) is 0 Å². The Morgan fingerprint density at radius 3 is 2.52 bits per heavy atom. The van der Waals surface area contributed by atoms with Gasteiger partial charge in [0.15, 0.2) is 0 Å². The van der Waals surface area contributed by atoms with Crippen LogP contribution >= 0.6 is 0 Å². The number of halogens is 1. The van der Waals surface area contributed by atoms with Crippen LogP contribution in [0, 0.1) is 5.82 Å². The molecule has 126 valence electrons. The van der Waals surface area contributed by atoms with Gasteiger partial charge < -0.3 is 22.1 Å². The molecule has 0 heterocycles. The summed E-state index contributed by atoms with van der Waals surface area (Å²) in [6.07, 6.45) is 3.86. The zero-order valence-electron chi connectivity index (χ0n) is 13.0. The second-order valence-electron chi connectivity index (χ2n) is 5.88. The number of hydrogen-bond acceptors (Lipinski definition) is 4. The average molecular weight is 322 g/mol. The summed E-state index contributed by atoms with van der Waals surface area (Å²) < 4.78 is 13.5. The fourth-order valence-electron chi connectivity index (χ4n) is 2.88. The molecule has 1 aromatic rings. The van der Waals surface area contributed by atoms with Gasteiger partial charge in [-0.3, -0.25) is 9.59 Å². The number of anilines is 1. The van der Waals surface area contributed by atoms with Gasteiger partial charge in [0.2, 0.25) is 5.91 Å². The Balaban J connectivity index is 2.17. The SMILES string of the molecule is NCCNC(=O)C1(NC(=O)c2ccc(N)c(F)c2)CCCCC1. The van der Waals surface area contributed by atoms with Crippen LogP contribution in [0.5, 0.6) is 0 Å². The van der Waals surface area contributed by atoms with Gasteiger partial charge >= 0.3 is 0 Å². The molecule has 0 radical (unpaired) electrons. The number of nitrogen functional groups attached to an aromatic ring is 1. The monoisotopic (exact) mass is 322 g/mol. The van der Waals surface area contributed by atoms with Crippen molar-refractivity contribution in [2.24, 2.45) is 5.73 Å². The fourth-order valence-corrected chi connectivity index (χ4v) is 2.88. The molecule has 6 N–H and O–H groups in total. The maximum atomic E-state index is 13.5. The molecule has 0 aromatic heterocycles. The van der Waals surface area contributed by atoms with E-state index in [0.717, 1.165) is 25.3 Å². The van der Waals surface area contributed by atoms with E-state index in [-0.39, 0.29) is 17.2 Å². The van der Waals surface area contributed by atoms with Crippen LogP contribution in [0.3, 0.4) is 0 Å². The van der Waals surface area contributed by atoms with Crippen LogP contribution in [0.2, 0.25) is 0 Å². The lowest BCUT2D eigenvalue weighted by Gasteiger charge is -2.36. The molecule has 7 heteroatoms. The molecule has 1 aliphatic rings. The van der Waals surface area contributed by atoms with Gasteiger partial charge in [0.05, 0.1) is 5.69 Å². The van der Waals surface area contributed by atoms with E-state index in [1.165, 1.54) is 12.1 Å². The molecule has 0 saturated heterocycles. The van der Waals surface area contributed by atoms with Crippen LogP contribution in [0.1, 0.15) is 42.5 Å². The van der Waals surface area contributed by atoms with Crippen molar-refractivity contribution in [2.75, 3.05) is 18.8 Å². The maximum absolute atomic E-state index is 13.5. The van der Waals surface area contributed by atoms with Crippen LogP contribution in [-0.2, 0) is 4.79 Å². The van der Waals surface area contributed by atoms with E-state index in [9.17, 15) is 14.0 Å². The summed E-state index contributed by atoms with van der Waals surface area (Å²) >= 11 is 0. The van der Waals surface area contributed by atoms with Gasteiger partial charge in [0.25, 0.3) is 5.91 Å². The van der Waals surface area contributed by atoms with Crippen LogP contribution in [0.25, 0.3) is 0 Å². The molecule has 0 unspecified atom stereocenters. The smallest absolute Gasteiger partial charge is 0.252 e. The van der Waals surface area contributed by atoms with Crippen molar-refractivity contribution in [1.29, 1.82) is 0 Å². The van der Waals surface area contributed by atoms with Crippen LogP contribution in [-0.4, -0.2) is 30.4 Å². The summed E-state index contributed by atoms with van der Waals surface area (Å²) in [6, 6.07) is 3.87. The first-order valence-corrected chi connectivity index (χ1v) is 7.84. The van der Waals surface area contributed by atoms with Crippen molar-refractivity contribution >= 4 is 17.5 Å². The number of carbonyl (C=O) groups excluding carboxylic acids is 2. The van der Waals surface area contributed by atoms with Crippen LogP contribution in [0.15, 0.2) is 18.2 Å². The summed E-state index contributed by atoms with van der Waals surface area (Å²) in [4.78, 5) is 24.9. The summed E-state index contributed by atoms with van der Waals surface area (Å²) in [7, 11) is 0. The summed E-state index contributed by atoms with van der Waals surface area (Å²) in [5.41, 5.74) is 10.0. The molecule has 6 nitrogen and oxygen atoms in total. The standard InChI is InChI=1S/C16H23FN4O2/c17-12-10-11(4-5-13(12)19)14(22)21-16(6-2-1-3-7-16)15(23)20-9-8-18/h4-5,10H,1-3,6-9,18-19H2,(H,20,23)(H,21,22). The molecule has 2 rings (SSSR count). The van der Waals surface area contributed by atoms with Crippen molar-refractivity contribution in [2.45, 2.75) is 37.6 Å². The minimum Gasteiger partial charge on any atom is -0.396 e. The van der Waals surface area contributed by atoms with Crippen LogP contribution in [0.4, 0.5) is 10.1 Å². The molecule has 1 aromatic carbocycles. The Labute approximate surface area is 134 Å². The second kappa shape index (κ2) is 7.41. The first kappa shape index (κ1) is 17.2. The third-order valence-electron chi connectivity index (χ3n) is 4.19. The number of amides is 2. The molecule has 1 fully saturated rings. The minimum atomic E-state index is -0.956. The Morgan fingerprint density at radius 1 is 1.22 bits per heavy atom. The lowest BCUT2D eigenvalue weighted by Crippen LogP contribution is -2.60. The highest BCUT2D eigenvalue weighted by Crippen LogP contribution is 2.29. The average Bonchev–Trinajstić information content (AvgIpc) is 2.55. The third kappa shape index (κ3) is 3.98. The Bertz CT molecular complexity index is 585. The number of hydrogen-bond donors (Lipinski definition) is 4. The normalized spacial score (nSPS) is 16.6. The second-order valence-corrected chi connectivity index (χ2v) is 5.88. The largest absolute Gasteiger partial charge is 0.396 e. The fraction of sp³-hybridized carbons (Fsp3) is 0.500. The zero-order valence-corrected chi connectivity index (χ0v) is 13.0. The Kier molecular flexibility index (Phi) is 5.54. The number of carbonyl (C=O) groups is 2. The van der Waals surface area contributed by atoms with Crippen LogP contribution < -0.4 is 22.1 Å². The molecule has 2 amide bonds. The third-order valence-corrected chi connectivity index (χ3v) is 4.19. The van der Waals surface area contributed by atoms with Gasteiger partial charge in [-0.05, 0) is 31.0 Å². The van der Waals surface area contributed by atoms with Crippen molar-refractivity contribution in [1.82, 2.24) is 10.6 Å². The highest BCUT2D eigenvalue weighted by Gasteiger charge is 2.40. The zero-order chi connectivity index (χ0) is 16.9. The van der Waals surface area contributed by atoms with E-state index in [4.69, 9.17) is 11.5 Å². The van der Waals surface area contributed by atoms with Gasteiger partial charge in [-0.25, -0.2) is 4.39 Å². The van der Waals surface area contributed by atoms with E-state index in [2.05, 4.69) is 10.6 Å². The highest BCUT2D eigenvalue weighted by atomic mass is 19.1. The molecule has 1 aliphatic carbocycles. The van der Waals surface area contributed by atoms with E-state index < -0.39 is 17.3 Å². The summed E-state index contributed by atoms with van der Waals surface area (Å²) in [6.45, 7) is 0.686. The molecule has 0 spiro atoms. The molecular formula is C16H23FN4O2. The first-order valence-electron chi connectivity index (χ1n) is 7.84. The quantitative estimate of drug-likeness (QED) is 0.604. The molecular weight excluding hydrogens is 299 g/mol. The van der Waals surface area contributed by atoms with Crippen molar-refractivity contribution in [3.8, 4) is 0 Å². The van der Waals surface area contributed by atoms with Gasteiger partial charge in [-0.1, -0.05) is 19.3 Å². The highest BCUT2D eigenvalue weighted by molar-refractivity contribution is 5.99. The maximum Gasteiger partial charge on any atom is 0.252 e. The van der Waals surface area contributed by atoms with Crippen molar-refractivity contribution in [3.05, 3.63) is 29.6 Å². The number of nitrogens with two attached hydrogens (primary N) is 2. The molecule has 0 aliphatic heterocycles. The molecule has 0 atom stereocenters. The van der Waals surface area contributed by atoms with E-state index in [1.807, 2.05) is 0 Å². The lowest BCUT2D eigenvalue weighted by molar-refractivity contribution is -0.128. The Morgan fingerprint density at radius 2 is 1.91 bits per heavy atom. The first-order chi connectivity index (χ1) is 11.0. The molecule has 0 bridgehead atoms. The topological polar surface area (TPSA) is 110 Å². The van der Waals surface area contributed by atoms with Gasteiger partial charge in [-0.2, -0.15) is 0 Å². The van der Waals surface area contributed by atoms with E-state index >= 15 is 0 Å².